The van der Waals surface area contributed by atoms with Gasteiger partial charge in [0.15, 0.2) is 5.13 Å². The topological polar surface area (TPSA) is 74.8 Å². The van der Waals surface area contributed by atoms with Crippen LogP contribution in [-0.4, -0.2) is 41.5 Å². The third-order valence-electron chi connectivity index (χ3n) is 6.45. The van der Waals surface area contributed by atoms with Crippen molar-refractivity contribution < 1.29 is 27.5 Å². The van der Waals surface area contributed by atoms with Crippen LogP contribution in [0.4, 0.5) is 28.8 Å². The average Bonchev–Trinajstić information content (AvgIpc) is 3.52. The minimum absolute atomic E-state index is 0.0831. The molecule has 1 spiro atoms. The Hall–Kier alpha value is -3.31. The number of ether oxygens (including phenoxy) is 1. The lowest BCUT2D eigenvalue weighted by molar-refractivity contribution is -0.138. The molecule has 2 aliphatic heterocycles. The summed E-state index contributed by atoms with van der Waals surface area (Å²) in [5, 5.41) is 3.08. The zero-order chi connectivity index (χ0) is 25.7. The molecule has 36 heavy (non-hydrogen) atoms. The number of benzene rings is 2. The number of urea groups is 1. The summed E-state index contributed by atoms with van der Waals surface area (Å²) >= 11 is 7.04. The highest BCUT2D eigenvalue weighted by Crippen LogP contribution is 2.48. The van der Waals surface area contributed by atoms with E-state index in [1.54, 1.807) is 21.9 Å². The highest BCUT2D eigenvalue weighted by atomic mass is 35.5. The zero-order valence-electron chi connectivity index (χ0n) is 18.9. The molecule has 7 nitrogen and oxygen atoms in total. The van der Waals surface area contributed by atoms with E-state index in [1.165, 1.54) is 37.4 Å². The maximum atomic E-state index is 13.5. The predicted octanol–water partition coefficient (Wildman–Crippen LogP) is 6.15. The Morgan fingerprint density at radius 3 is 2.64 bits per heavy atom. The van der Waals surface area contributed by atoms with Gasteiger partial charge < -0.3 is 9.64 Å². The van der Waals surface area contributed by atoms with Crippen LogP contribution < -0.4 is 15.0 Å². The minimum atomic E-state index is -4.57. The van der Waals surface area contributed by atoms with Crippen molar-refractivity contribution in [2.45, 2.75) is 24.9 Å². The van der Waals surface area contributed by atoms with Gasteiger partial charge in [-0.05, 0) is 42.3 Å². The van der Waals surface area contributed by atoms with Crippen LogP contribution in [0.5, 0.6) is 11.5 Å². The number of carbonyl (C=O) groups is 2. The number of thiazole rings is 1. The Balaban J connectivity index is 1.50. The highest BCUT2D eigenvalue weighted by molar-refractivity contribution is 7.19. The normalized spacial score (nSPS) is 19.0. The van der Waals surface area contributed by atoms with E-state index in [0.29, 0.717) is 41.2 Å². The molecule has 1 atom stereocenters. The Morgan fingerprint density at radius 2 is 1.97 bits per heavy atom. The van der Waals surface area contributed by atoms with Crippen LogP contribution in [0.3, 0.4) is 0 Å². The number of carbonyl (C=O) groups excluding carboxylic acids is 2. The molecule has 1 N–H and O–H groups in total. The summed E-state index contributed by atoms with van der Waals surface area (Å²) in [6.45, 7) is 2.66. The number of rotatable bonds is 3. The van der Waals surface area contributed by atoms with Crippen molar-refractivity contribution in [2.75, 3.05) is 29.9 Å². The largest absolute Gasteiger partial charge is 0.457 e. The van der Waals surface area contributed by atoms with Gasteiger partial charge >= 0.3 is 12.2 Å². The Bertz CT molecular complexity index is 1350. The van der Waals surface area contributed by atoms with Crippen molar-refractivity contribution in [3.8, 4) is 11.5 Å². The maximum Gasteiger partial charge on any atom is 0.419 e. The van der Waals surface area contributed by atoms with Gasteiger partial charge in [0.2, 0.25) is 5.91 Å². The Morgan fingerprint density at radius 1 is 1.19 bits per heavy atom. The molecule has 3 aromatic rings. The highest BCUT2D eigenvalue weighted by Gasteiger charge is 2.49. The molecule has 1 unspecified atom stereocenters. The van der Waals surface area contributed by atoms with Crippen LogP contribution in [0.1, 0.15) is 24.5 Å². The first-order chi connectivity index (χ1) is 17.1. The molecule has 0 saturated carbocycles. The summed E-state index contributed by atoms with van der Waals surface area (Å²) in [4.78, 5) is 32.6. The molecule has 0 radical (unpaired) electrons. The van der Waals surface area contributed by atoms with Crippen molar-refractivity contribution >= 4 is 45.7 Å². The summed E-state index contributed by atoms with van der Waals surface area (Å²) in [7, 11) is 0. The summed E-state index contributed by atoms with van der Waals surface area (Å²) in [6.07, 6.45) is -2.55. The zero-order valence-corrected chi connectivity index (χ0v) is 20.5. The minimum Gasteiger partial charge on any atom is -0.457 e. The molecular weight excluding hydrogens is 517 g/mol. The number of amides is 3. The van der Waals surface area contributed by atoms with Crippen molar-refractivity contribution in [1.29, 1.82) is 0 Å². The van der Waals surface area contributed by atoms with Gasteiger partial charge in [-0.3, -0.25) is 15.0 Å². The molecule has 3 heterocycles. The second kappa shape index (κ2) is 8.97. The number of hydrogen-bond donors (Lipinski definition) is 1. The molecule has 2 aromatic carbocycles. The van der Waals surface area contributed by atoms with Crippen molar-refractivity contribution in [3.05, 3.63) is 64.1 Å². The maximum absolute atomic E-state index is 13.5. The van der Waals surface area contributed by atoms with E-state index in [4.69, 9.17) is 16.3 Å². The smallest absolute Gasteiger partial charge is 0.419 e. The van der Waals surface area contributed by atoms with E-state index in [1.807, 2.05) is 0 Å². The van der Waals surface area contributed by atoms with Gasteiger partial charge in [0.25, 0.3) is 0 Å². The lowest BCUT2D eigenvalue weighted by Crippen LogP contribution is -2.41. The molecule has 5 rings (SSSR count). The van der Waals surface area contributed by atoms with Crippen LogP contribution in [0.25, 0.3) is 0 Å². The fourth-order valence-electron chi connectivity index (χ4n) is 4.77. The summed E-state index contributed by atoms with van der Waals surface area (Å²) < 4.78 is 46.5. The van der Waals surface area contributed by atoms with Crippen LogP contribution in [0.2, 0.25) is 4.34 Å². The van der Waals surface area contributed by atoms with E-state index in [9.17, 15) is 22.8 Å². The molecule has 3 amide bonds. The fraction of sp³-hybridized carbons (Fsp3) is 0.292. The van der Waals surface area contributed by atoms with E-state index in [0.717, 1.165) is 23.0 Å². The quantitative estimate of drug-likeness (QED) is 0.436. The lowest BCUT2D eigenvalue weighted by atomic mass is 9.81. The van der Waals surface area contributed by atoms with E-state index >= 15 is 0 Å². The van der Waals surface area contributed by atoms with Gasteiger partial charge in [-0.2, -0.15) is 13.2 Å². The summed E-state index contributed by atoms with van der Waals surface area (Å²) in [5.41, 5.74) is -0.133. The molecule has 0 aliphatic carbocycles. The molecule has 1 fully saturated rings. The van der Waals surface area contributed by atoms with Crippen LogP contribution in [0.15, 0.2) is 48.7 Å². The van der Waals surface area contributed by atoms with Gasteiger partial charge in [-0.1, -0.05) is 35.1 Å². The molecule has 2 aliphatic rings. The number of fused-ring (bicyclic) bond motifs is 2. The first-order valence-electron chi connectivity index (χ1n) is 11.0. The predicted molar refractivity (Wildman–Crippen MR) is 130 cm³/mol. The Kier molecular flexibility index (Phi) is 6.08. The SMILES string of the molecule is CC(=O)N1CCC2(C1)CN(C(=O)Nc1ncc(Cl)s1)c1ccc(Oc3ccccc3C(F)(F)F)cc12. The number of likely N-dealkylation sites (tertiary alicyclic amines) is 1. The summed E-state index contributed by atoms with van der Waals surface area (Å²) in [5.74, 6) is -0.190. The fourth-order valence-corrected chi connectivity index (χ4v) is 5.57. The molecule has 188 valence electrons. The van der Waals surface area contributed by atoms with Crippen LogP contribution >= 0.6 is 22.9 Å². The van der Waals surface area contributed by atoms with E-state index in [-0.39, 0.29) is 17.4 Å². The van der Waals surface area contributed by atoms with E-state index < -0.39 is 23.2 Å². The number of alkyl halides is 3. The third kappa shape index (κ3) is 4.48. The monoisotopic (exact) mass is 536 g/mol. The van der Waals surface area contributed by atoms with Crippen molar-refractivity contribution in [2.24, 2.45) is 0 Å². The van der Waals surface area contributed by atoms with Gasteiger partial charge in [0.05, 0.1) is 11.8 Å². The molecule has 12 heteroatoms. The number of nitrogens with one attached hydrogen (secondary N) is 1. The third-order valence-corrected chi connectivity index (χ3v) is 7.48. The molecular formula is C24H20ClF3N4O3S. The number of aromatic nitrogens is 1. The van der Waals surface area contributed by atoms with Gasteiger partial charge in [-0.15, -0.1) is 0 Å². The van der Waals surface area contributed by atoms with Gasteiger partial charge in [0, 0.05) is 37.7 Å². The standard InChI is InChI=1S/C24H20ClF3N4O3S/c1-14(33)31-9-8-23(12-31)13-32(22(34)30-21-29-11-20(25)36-21)18-7-6-15(10-17(18)23)35-19-5-3-2-4-16(19)24(26,27)28/h2-7,10-11H,8-9,12-13H2,1H3,(H,29,30,34). The van der Waals surface area contributed by atoms with Crippen molar-refractivity contribution in [1.82, 2.24) is 9.88 Å². The number of para-hydroxylation sites is 1. The molecule has 1 aromatic heterocycles. The first kappa shape index (κ1) is 24.4. The average molecular weight is 537 g/mol. The molecule has 1 saturated heterocycles. The second-order valence-electron chi connectivity index (χ2n) is 8.73. The van der Waals surface area contributed by atoms with Crippen LogP contribution in [-0.2, 0) is 16.4 Å². The number of halogens is 4. The van der Waals surface area contributed by atoms with E-state index in [2.05, 4.69) is 10.3 Å². The lowest BCUT2D eigenvalue weighted by Gasteiger charge is -2.25. The molecule has 0 bridgehead atoms. The van der Waals surface area contributed by atoms with Crippen LogP contribution in [0, 0.1) is 0 Å². The number of anilines is 2. The number of hydrogen-bond acceptors (Lipinski definition) is 5. The van der Waals surface area contributed by atoms with Crippen molar-refractivity contribution in [3.63, 3.8) is 0 Å². The summed E-state index contributed by atoms with van der Waals surface area (Å²) in [6, 6.07) is 9.42. The van der Waals surface area contributed by atoms with Gasteiger partial charge in [0.1, 0.15) is 15.8 Å². The first-order valence-corrected chi connectivity index (χ1v) is 12.2. The second-order valence-corrected chi connectivity index (χ2v) is 10.4. The number of nitrogens with zero attached hydrogens (tertiary/aromatic N) is 3. The van der Waals surface area contributed by atoms with Gasteiger partial charge in [-0.25, -0.2) is 9.78 Å². The Labute approximate surface area is 213 Å².